The first-order chi connectivity index (χ1) is 5.72. The summed E-state index contributed by atoms with van der Waals surface area (Å²) in [4.78, 5) is 10.3. The van der Waals surface area contributed by atoms with Crippen molar-refractivity contribution >= 4 is 5.97 Å². The maximum absolute atomic E-state index is 10.3. The number of aliphatic carboxylic acids is 1. The molecule has 0 spiro atoms. The molecule has 0 radical (unpaired) electrons. The molecule has 0 aliphatic heterocycles. The molecule has 13 heavy (non-hydrogen) atoms. The van der Waals surface area contributed by atoms with Crippen molar-refractivity contribution in [1.29, 1.82) is 0 Å². The van der Waals surface area contributed by atoms with Crippen LogP contribution in [0.4, 0.5) is 0 Å². The summed E-state index contributed by atoms with van der Waals surface area (Å²) in [5.41, 5.74) is -0.558. The Labute approximate surface area is 77.9 Å². The minimum absolute atomic E-state index is 0.158. The number of carbonyl (C=O) groups is 1. The summed E-state index contributed by atoms with van der Waals surface area (Å²) < 4.78 is 5.23. The van der Waals surface area contributed by atoms with Crippen molar-refractivity contribution in [3.8, 4) is 0 Å². The molecule has 0 heterocycles. The van der Waals surface area contributed by atoms with Gasteiger partial charge in [0.05, 0.1) is 0 Å². The first kappa shape index (κ1) is 11.6. The molecular weight excluding hydrogens is 170 g/mol. The molecule has 4 heteroatoms. The van der Waals surface area contributed by atoms with Gasteiger partial charge in [0, 0.05) is 0 Å². The fourth-order valence-corrected chi connectivity index (χ4v) is 0.617. The fourth-order valence-electron chi connectivity index (χ4n) is 0.617. The predicted molar refractivity (Wildman–Crippen MR) is 49.9 cm³/mol. The third-order valence-corrected chi connectivity index (χ3v) is 0.978. The molecule has 74 valence electrons. The van der Waals surface area contributed by atoms with Gasteiger partial charge in [-0.2, -0.15) is 0 Å². The second kappa shape index (κ2) is 3.98. The Hall–Kier alpha value is -1.45. The van der Waals surface area contributed by atoms with Crippen LogP contribution in [0.5, 0.6) is 0 Å². The van der Waals surface area contributed by atoms with Gasteiger partial charge >= 0.3 is 5.97 Å². The van der Waals surface area contributed by atoms with Crippen LogP contribution in [0.15, 0.2) is 24.7 Å². The topological polar surface area (TPSA) is 58.6 Å². The van der Waals surface area contributed by atoms with E-state index in [-0.39, 0.29) is 11.6 Å². The summed E-state index contributed by atoms with van der Waals surface area (Å²) >= 11 is 0. The van der Waals surface area contributed by atoms with Gasteiger partial charge in [0.1, 0.15) is 11.3 Å². The first-order valence-corrected chi connectivity index (χ1v) is 3.79. The highest BCUT2D eigenvalue weighted by molar-refractivity contribution is 5.85. The Bertz CT molecular complexity index is 238. The number of nitrogens with one attached hydrogen (secondary N) is 1. The van der Waals surface area contributed by atoms with Crippen LogP contribution in [-0.4, -0.2) is 16.7 Å². The zero-order valence-corrected chi connectivity index (χ0v) is 8.18. The van der Waals surface area contributed by atoms with Crippen LogP contribution in [0.3, 0.4) is 0 Å². The summed E-state index contributed by atoms with van der Waals surface area (Å²) in [5, 5.41) is 10.9. The molecule has 0 atom stereocenters. The highest BCUT2D eigenvalue weighted by Gasteiger charge is 2.13. The van der Waals surface area contributed by atoms with Gasteiger partial charge in [-0.05, 0) is 27.4 Å². The molecule has 2 N–H and O–H groups in total. The second-order valence-electron chi connectivity index (χ2n) is 3.55. The Balaban J connectivity index is 4.04. The zero-order valence-electron chi connectivity index (χ0n) is 8.18. The average Bonchev–Trinajstić information content (AvgIpc) is 1.81. The third-order valence-electron chi connectivity index (χ3n) is 0.978. The van der Waals surface area contributed by atoms with Gasteiger partial charge in [-0.15, -0.1) is 0 Å². The van der Waals surface area contributed by atoms with Crippen LogP contribution in [0.2, 0.25) is 0 Å². The highest BCUT2D eigenvalue weighted by atomic mass is 16.5. The number of carboxylic acid groups (broad SMARTS) is 1. The van der Waals surface area contributed by atoms with Gasteiger partial charge in [0.15, 0.2) is 5.88 Å². The molecular formula is C9H15NO3. The van der Waals surface area contributed by atoms with Crippen molar-refractivity contribution in [2.24, 2.45) is 0 Å². The van der Waals surface area contributed by atoms with Gasteiger partial charge in [-0.3, -0.25) is 0 Å². The second-order valence-corrected chi connectivity index (χ2v) is 3.55. The normalized spacial score (nSPS) is 10.4. The smallest absolute Gasteiger partial charge is 0.351 e. The molecule has 0 saturated carbocycles. The van der Waals surface area contributed by atoms with E-state index in [9.17, 15) is 4.79 Å². The predicted octanol–water partition coefficient (Wildman–Crippen LogP) is 1.46. The Morgan fingerprint density at radius 3 is 2.15 bits per heavy atom. The van der Waals surface area contributed by atoms with E-state index in [0.717, 1.165) is 0 Å². The van der Waals surface area contributed by atoms with Gasteiger partial charge in [0.25, 0.3) is 0 Å². The molecule has 0 bridgehead atoms. The molecule has 0 fully saturated rings. The van der Waals surface area contributed by atoms with E-state index in [4.69, 9.17) is 9.84 Å². The Morgan fingerprint density at radius 1 is 1.38 bits per heavy atom. The standard InChI is InChI=1S/C9H15NO3/c1-6(8(11)12)10-7(2)13-9(3,4)5/h10H,1-2H2,3-5H3,(H,11,12). The highest BCUT2D eigenvalue weighted by Crippen LogP contribution is 2.10. The minimum atomic E-state index is -1.13. The van der Waals surface area contributed by atoms with E-state index in [1.807, 2.05) is 20.8 Å². The van der Waals surface area contributed by atoms with Crippen molar-refractivity contribution in [3.05, 3.63) is 24.7 Å². The van der Waals surface area contributed by atoms with E-state index in [1.165, 1.54) is 0 Å². The molecule has 0 amide bonds. The van der Waals surface area contributed by atoms with Crippen molar-refractivity contribution in [1.82, 2.24) is 5.32 Å². The molecule has 0 saturated heterocycles. The summed E-state index contributed by atoms with van der Waals surface area (Å²) in [6.07, 6.45) is 0. The quantitative estimate of drug-likeness (QED) is 0.514. The van der Waals surface area contributed by atoms with Crippen LogP contribution < -0.4 is 5.32 Å². The molecule has 4 nitrogen and oxygen atoms in total. The monoisotopic (exact) mass is 185 g/mol. The van der Waals surface area contributed by atoms with Crippen molar-refractivity contribution in [2.75, 3.05) is 0 Å². The lowest BCUT2D eigenvalue weighted by Gasteiger charge is -2.23. The largest absolute Gasteiger partial charge is 0.477 e. The van der Waals surface area contributed by atoms with Crippen molar-refractivity contribution < 1.29 is 14.6 Å². The van der Waals surface area contributed by atoms with E-state index in [1.54, 1.807) is 0 Å². The maximum atomic E-state index is 10.3. The van der Waals surface area contributed by atoms with E-state index in [0.29, 0.717) is 0 Å². The van der Waals surface area contributed by atoms with E-state index < -0.39 is 11.6 Å². The Kier molecular flexibility index (Phi) is 3.54. The summed E-state index contributed by atoms with van der Waals surface area (Å²) in [6.45, 7) is 12.3. The molecule has 0 rings (SSSR count). The van der Waals surface area contributed by atoms with Crippen LogP contribution in [0.25, 0.3) is 0 Å². The third kappa shape index (κ3) is 5.78. The maximum Gasteiger partial charge on any atom is 0.351 e. The Morgan fingerprint density at radius 2 is 1.85 bits per heavy atom. The van der Waals surface area contributed by atoms with Crippen LogP contribution in [-0.2, 0) is 9.53 Å². The molecule has 0 aliphatic carbocycles. The van der Waals surface area contributed by atoms with Crippen LogP contribution in [0.1, 0.15) is 20.8 Å². The van der Waals surface area contributed by atoms with Crippen molar-refractivity contribution in [2.45, 2.75) is 26.4 Å². The molecule has 0 aliphatic rings. The average molecular weight is 185 g/mol. The summed E-state index contributed by atoms with van der Waals surface area (Å²) in [5.74, 6) is -0.946. The van der Waals surface area contributed by atoms with E-state index in [2.05, 4.69) is 18.5 Å². The van der Waals surface area contributed by atoms with Crippen molar-refractivity contribution in [3.63, 3.8) is 0 Å². The minimum Gasteiger partial charge on any atom is -0.477 e. The zero-order chi connectivity index (χ0) is 10.6. The van der Waals surface area contributed by atoms with Crippen LogP contribution in [0, 0.1) is 0 Å². The number of rotatable bonds is 4. The lowest BCUT2D eigenvalue weighted by Crippen LogP contribution is -2.26. The van der Waals surface area contributed by atoms with Crippen LogP contribution >= 0.6 is 0 Å². The van der Waals surface area contributed by atoms with Gasteiger partial charge in [-0.25, -0.2) is 4.79 Å². The number of hydrogen-bond donors (Lipinski definition) is 2. The number of hydrogen-bond acceptors (Lipinski definition) is 3. The van der Waals surface area contributed by atoms with E-state index >= 15 is 0 Å². The summed E-state index contributed by atoms with van der Waals surface area (Å²) in [7, 11) is 0. The number of carboxylic acids is 1. The number of ether oxygens (including phenoxy) is 1. The fraction of sp³-hybridized carbons (Fsp3) is 0.444. The molecule has 0 aromatic rings. The van der Waals surface area contributed by atoms with Gasteiger partial charge in [0.2, 0.25) is 0 Å². The molecule has 0 unspecified atom stereocenters. The lowest BCUT2D eigenvalue weighted by atomic mass is 10.2. The first-order valence-electron chi connectivity index (χ1n) is 3.79. The lowest BCUT2D eigenvalue weighted by molar-refractivity contribution is -0.133. The van der Waals surface area contributed by atoms with Gasteiger partial charge in [-0.1, -0.05) is 6.58 Å². The SMILES string of the molecule is C=C(NC(=C)C(=O)O)OC(C)(C)C. The molecule has 0 aromatic carbocycles. The molecule has 0 aromatic heterocycles. The summed E-state index contributed by atoms with van der Waals surface area (Å²) in [6, 6.07) is 0. The van der Waals surface area contributed by atoms with Gasteiger partial charge < -0.3 is 15.2 Å².